The number of nitrogens with one attached hydrogen (secondary N) is 1. The van der Waals surface area contributed by atoms with Gasteiger partial charge < -0.3 is 5.32 Å². The van der Waals surface area contributed by atoms with Gasteiger partial charge in [0.1, 0.15) is 9.84 Å². The molecule has 0 radical (unpaired) electrons. The van der Waals surface area contributed by atoms with Gasteiger partial charge in [-0.25, -0.2) is 8.42 Å². The van der Waals surface area contributed by atoms with Crippen LogP contribution in [0.1, 0.15) is 26.3 Å². The molecule has 0 saturated heterocycles. The van der Waals surface area contributed by atoms with Gasteiger partial charge in [-0.1, -0.05) is 19.1 Å². The van der Waals surface area contributed by atoms with Crippen LogP contribution >= 0.6 is 0 Å². The second-order valence-corrected chi connectivity index (χ2v) is 8.06. The van der Waals surface area contributed by atoms with E-state index >= 15 is 0 Å². The number of hydrogen-bond acceptors (Lipinski definition) is 4. The Labute approximate surface area is 133 Å². The molecule has 0 fully saturated rings. The summed E-state index contributed by atoms with van der Waals surface area (Å²) in [7, 11) is -3.03. The van der Waals surface area contributed by atoms with Crippen molar-refractivity contribution in [2.75, 3.05) is 30.4 Å². The summed E-state index contributed by atoms with van der Waals surface area (Å²) in [6.07, 6.45) is 2.12. The highest BCUT2D eigenvalue weighted by Gasteiger charge is 2.16. The Morgan fingerprint density at radius 2 is 2.00 bits per heavy atom. The van der Waals surface area contributed by atoms with Crippen LogP contribution < -0.4 is 5.32 Å². The van der Waals surface area contributed by atoms with Gasteiger partial charge >= 0.3 is 0 Å². The van der Waals surface area contributed by atoms with Crippen molar-refractivity contribution in [2.45, 2.75) is 33.2 Å². The molecule has 1 N–H and O–H groups in total. The highest BCUT2D eigenvalue weighted by atomic mass is 32.2. The number of sulfone groups is 1. The van der Waals surface area contributed by atoms with Gasteiger partial charge in [-0.2, -0.15) is 0 Å². The third-order valence-corrected chi connectivity index (χ3v) is 4.37. The zero-order valence-electron chi connectivity index (χ0n) is 13.8. The van der Waals surface area contributed by atoms with Crippen LogP contribution in [0.4, 0.5) is 5.69 Å². The van der Waals surface area contributed by atoms with Crippen molar-refractivity contribution in [1.82, 2.24) is 4.90 Å². The van der Waals surface area contributed by atoms with Gasteiger partial charge in [-0.3, -0.25) is 9.69 Å². The summed E-state index contributed by atoms with van der Waals surface area (Å²) in [6.45, 7) is 6.51. The van der Waals surface area contributed by atoms with Crippen LogP contribution in [0.5, 0.6) is 0 Å². The molecule has 22 heavy (non-hydrogen) atoms. The van der Waals surface area contributed by atoms with Gasteiger partial charge in [0.15, 0.2) is 0 Å². The van der Waals surface area contributed by atoms with Gasteiger partial charge in [-0.15, -0.1) is 0 Å². The number of anilines is 1. The summed E-state index contributed by atoms with van der Waals surface area (Å²) in [4.78, 5) is 14.0. The monoisotopic (exact) mass is 326 g/mol. The third-order valence-electron chi connectivity index (χ3n) is 3.45. The minimum Gasteiger partial charge on any atom is -0.325 e. The largest absolute Gasteiger partial charge is 0.325 e. The van der Waals surface area contributed by atoms with E-state index in [1.165, 1.54) is 6.26 Å². The first-order valence-electron chi connectivity index (χ1n) is 7.52. The van der Waals surface area contributed by atoms with E-state index in [2.05, 4.69) is 12.2 Å². The molecule has 1 rings (SSSR count). The van der Waals surface area contributed by atoms with Crippen LogP contribution in [0.15, 0.2) is 24.3 Å². The number of carbonyl (C=O) groups is 1. The molecule has 1 amide bonds. The van der Waals surface area contributed by atoms with Gasteiger partial charge in [0.25, 0.3) is 0 Å². The lowest BCUT2D eigenvalue weighted by atomic mass is 10.1. The lowest BCUT2D eigenvalue weighted by molar-refractivity contribution is -0.117. The molecule has 1 aromatic carbocycles. The standard InChI is InChI=1S/C16H26N2O3S/c1-5-14-7-6-8-15(11-14)17-16(19)12-18(13(2)3)9-10-22(4,20)21/h6-8,11,13H,5,9-10,12H2,1-4H3,(H,17,19). The van der Waals surface area contributed by atoms with Crippen LogP contribution in [0.25, 0.3) is 0 Å². The molecule has 0 unspecified atom stereocenters. The molecule has 0 aromatic heterocycles. The number of aryl methyl sites for hydroxylation is 1. The van der Waals surface area contributed by atoms with E-state index in [1.807, 2.05) is 43.0 Å². The Morgan fingerprint density at radius 3 is 2.55 bits per heavy atom. The van der Waals surface area contributed by atoms with Gasteiger partial charge in [-0.05, 0) is 38.0 Å². The number of rotatable bonds is 8. The second-order valence-electron chi connectivity index (χ2n) is 5.80. The predicted octanol–water partition coefficient (Wildman–Crippen LogP) is 1.94. The first-order chi connectivity index (χ1) is 10.2. The summed E-state index contributed by atoms with van der Waals surface area (Å²) in [5, 5.41) is 2.87. The Balaban J connectivity index is 2.63. The quantitative estimate of drug-likeness (QED) is 0.793. The van der Waals surface area contributed by atoms with Crippen molar-refractivity contribution < 1.29 is 13.2 Å². The van der Waals surface area contributed by atoms with Gasteiger partial charge in [0.2, 0.25) is 5.91 Å². The molecule has 0 heterocycles. The molecule has 0 aliphatic carbocycles. The molecule has 0 bridgehead atoms. The molecular weight excluding hydrogens is 300 g/mol. The third kappa shape index (κ3) is 7.04. The fraction of sp³-hybridized carbons (Fsp3) is 0.562. The summed E-state index contributed by atoms with van der Waals surface area (Å²) >= 11 is 0. The second kappa shape index (κ2) is 8.29. The fourth-order valence-corrected chi connectivity index (χ4v) is 2.62. The maximum atomic E-state index is 12.1. The minimum absolute atomic E-state index is 0.0593. The van der Waals surface area contributed by atoms with Crippen molar-refractivity contribution in [3.63, 3.8) is 0 Å². The average molecular weight is 326 g/mol. The minimum atomic E-state index is -3.03. The number of carbonyl (C=O) groups excluding carboxylic acids is 1. The van der Waals surface area contributed by atoms with Crippen molar-refractivity contribution in [3.05, 3.63) is 29.8 Å². The van der Waals surface area contributed by atoms with E-state index in [0.29, 0.717) is 6.54 Å². The fourth-order valence-electron chi connectivity index (χ4n) is 2.06. The average Bonchev–Trinajstić information content (AvgIpc) is 2.42. The first-order valence-corrected chi connectivity index (χ1v) is 9.58. The zero-order chi connectivity index (χ0) is 16.8. The molecule has 0 spiro atoms. The molecule has 1 aromatic rings. The molecule has 0 saturated carbocycles. The van der Waals surface area contributed by atoms with Crippen molar-refractivity contribution in [2.24, 2.45) is 0 Å². The van der Waals surface area contributed by atoms with E-state index in [1.54, 1.807) is 0 Å². The summed E-state index contributed by atoms with van der Waals surface area (Å²) in [5.41, 5.74) is 1.94. The van der Waals surface area contributed by atoms with Gasteiger partial charge in [0, 0.05) is 24.5 Å². The van der Waals surface area contributed by atoms with E-state index < -0.39 is 9.84 Å². The lowest BCUT2D eigenvalue weighted by Gasteiger charge is -2.25. The van der Waals surface area contributed by atoms with E-state index in [0.717, 1.165) is 17.7 Å². The molecule has 0 aliphatic heterocycles. The molecule has 124 valence electrons. The van der Waals surface area contributed by atoms with Crippen molar-refractivity contribution >= 4 is 21.4 Å². The van der Waals surface area contributed by atoms with Crippen LogP contribution in [0.3, 0.4) is 0 Å². The Kier molecular flexibility index (Phi) is 7.03. The molecule has 0 aliphatic rings. The Hall–Kier alpha value is -1.40. The molecule has 6 heteroatoms. The van der Waals surface area contributed by atoms with Crippen LogP contribution in [0.2, 0.25) is 0 Å². The van der Waals surface area contributed by atoms with E-state index in [4.69, 9.17) is 0 Å². The predicted molar refractivity (Wildman–Crippen MR) is 90.9 cm³/mol. The summed E-state index contributed by atoms with van der Waals surface area (Å²) in [6, 6.07) is 7.84. The normalized spacial score (nSPS) is 11.9. The topological polar surface area (TPSA) is 66.5 Å². The first kappa shape index (κ1) is 18.6. The zero-order valence-corrected chi connectivity index (χ0v) is 14.6. The Bertz CT molecular complexity index is 597. The Morgan fingerprint density at radius 1 is 1.32 bits per heavy atom. The molecule has 0 atom stereocenters. The number of amides is 1. The molecular formula is C16H26N2O3S. The SMILES string of the molecule is CCc1cccc(NC(=O)CN(CCS(C)(=O)=O)C(C)C)c1. The van der Waals surface area contributed by atoms with Gasteiger partial charge in [0.05, 0.1) is 12.3 Å². The maximum Gasteiger partial charge on any atom is 0.238 e. The van der Waals surface area contributed by atoms with E-state index in [-0.39, 0.29) is 24.2 Å². The number of hydrogen-bond donors (Lipinski definition) is 1. The number of benzene rings is 1. The summed E-state index contributed by atoms with van der Waals surface area (Å²) in [5.74, 6) is -0.0699. The van der Waals surface area contributed by atoms with E-state index in [9.17, 15) is 13.2 Å². The lowest BCUT2D eigenvalue weighted by Crippen LogP contribution is -2.40. The van der Waals surface area contributed by atoms with Crippen LogP contribution in [0, 0.1) is 0 Å². The highest BCUT2D eigenvalue weighted by Crippen LogP contribution is 2.11. The number of nitrogens with zero attached hydrogens (tertiary/aromatic N) is 1. The summed E-state index contributed by atoms with van der Waals surface area (Å²) < 4.78 is 22.6. The molecule has 5 nitrogen and oxygen atoms in total. The van der Waals surface area contributed by atoms with Crippen molar-refractivity contribution in [3.8, 4) is 0 Å². The smallest absolute Gasteiger partial charge is 0.238 e. The maximum absolute atomic E-state index is 12.1. The van der Waals surface area contributed by atoms with Crippen molar-refractivity contribution in [1.29, 1.82) is 0 Å². The highest BCUT2D eigenvalue weighted by molar-refractivity contribution is 7.90. The van der Waals surface area contributed by atoms with Crippen LogP contribution in [-0.4, -0.2) is 50.4 Å². The van der Waals surface area contributed by atoms with Crippen LogP contribution in [-0.2, 0) is 21.1 Å².